The molecule has 1 N–H and O–H groups in total. The highest BCUT2D eigenvalue weighted by Crippen LogP contribution is 2.26. The molecule has 132 valence electrons. The number of hydrogen-bond acceptors (Lipinski definition) is 3. The number of halogens is 1. The molecular formula is C18H26ClN3O2. The molecule has 2 aliphatic heterocycles. The van der Waals surface area contributed by atoms with Crippen LogP contribution in [0, 0.1) is 0 Å². The predicted molar refractivity (Wildman–Crippen MR) is 96.4 cm³/mol. The van der Waals surface area contributed by atoms with Gasteiger partial charge in [0.25, 0.3) is 5.91 Å². The Bertz CT molecular complexity index is 565. The molecule has 1 aromatic carbocycles. The summed E-state index contributed by atoms with van der Waals surface area (Å²) in [5, 5.41) is 3.40. The van der Waals surface area contributed by atoms with Gasteiger partial charge in [-0.15, -0.1) is 12.4 Å². The van der Waals surface area contributed by atoms with Gasteiger partial charge >= 0.3 is 0 Å². The van der Waals surface area contributed by atoms with Crippen LogP contribution >= 0.6 is 12.4 Å². The number of carbonyl (C=O) groups excluding carboxylic acids is 2. The van der Waals surface area contributed by atoms with Crippen LogP contribution in [0.5, 0.6) is 0 Å². The molecule has 2 fully saturated rings. The van der Waals surface area contributed by atoms with Crippen LogP contribution in [-0.4, -0.2) is 59.9 Å². The lowest BCUT2D eigenvalue weighted by atomic mass is 9.92. The number of nitrogens with zero attached hydrogens (tertiary/aromatic N) is 2. The van der Waals surface area contributed by atoms with Crippen molar-refractivity contribution >= 4 is 24.2 Å². The van der Waals surface area contributed by atoms with E-state index in [0.29, 0.717) is 26.2 Å². The molecule has 0 bridgehead atoms. The third-order valence-corrected chi connectivity index (χ3v) is 5.13. The van der Waals surface area contributed by atoms with Gasteiger partial charge in [0.15, 0.2) is 0 Å². The van der Waals surface area contributed by atoms with Crippen LogP contribution in [0.1, 0.15) is 36.5 Å². The highest BCUT2D eigenvalue weighted by atomic mass is 35.5. The number of piperazine rings is 1. The van der Waals surface area contributed by atoms with Gasteiger partial charge in [0, 0.05) is 31.7 Å². The maximum Gasteiger partial charge on any atom is 0.253 e. The Kier molecular flexibility index (Phi) is 6.24. The first-order valence-corrected chi connectivity index (χ1v) is 8.55. The van der Waals surface area contributed by atoms with E-state index in [9.17, 15) is 9.59 Å². The van der Waals surface area contributed by atoms with Crippen LogP contribution in [0.25, 0.3) is 0 Å². The Morgan fingerprint density at radius 3 is 2.25 bits per heavy atom. The van der Waals surface area contributed by atoms with Crippen molar-refractivity contribution in [2.24, 2.45) is 0 Å². The summed E-state index contributed by atoms with van der Waals surface area (Å²) >= 11 is 0. The van der Waals surface area contributed by atoms with Gasteiger partial charge in [-0.1, -0.05) is 25.1 Å². The van der Waals surface area contributed by atoms with Crippen molar-refractivity contribution in [3.8, 4) is 0 Å². The van der Waals surface area contributed by atoms with Gasteiger partial charge < -0.3 is 15.1 Å². The molecule has 2 saturated heterocycles. The second-order valence-electron chi connectivity index (χ2n) is 6.42. The SMILES string of the molecule is CCC1(C(=O)N2CCN(C(=O)c3ccccc3)CC2)CCCN1.Cl. The second-order valence-corrected chi connectivity index (χ2v) is 6.42. The highest BCUT2D eigenvalue weighted by Gasteiger charge is 2.42. The fourth-order valence-electron chi connectivity index (χ4n) is 3.62. The van der Waals surface area contributed by atoms with Gasteiger partial charge in [-0.2, -0.15) is 0 Å². The summed E-state index contributed by atoms with van der Waals surface area (Å²) in [6.07, 6.45) is 2.81. The minimum atomic E-state index is -0.369. The van der Waals surface area contributed by atoms with Gasteiger partial charge in [0.05, 0.1) is 5.54 Å². The zero-order valence-electron chi connectivity index (χ0n) is 14.2. The molecule has 0 saturated carbocycles. The van der Waals surface area contributed by atoms with Gasteiger partial charge in [0.1, 0.15) is 0 Å². The van der Waals surface area contributed by atoms with E-state index in [1.807, 2.05) is 40.1 Å². The first-order chi connectivity index (χ1) is 11.2. The van der Waals surface area contributed by atoms with E-state index in [-0.39, 0.29) is 29.8 Å². The molecule has 2 amide bonds. The summed E-state index contributed by atoms with van der Waals surface area (Å²) < 4.78 is 0. The highest BCUT2D eigenvalue weighted by molar-refractivity contribution is 5.94. The van der Waals surface area contributed by atoms with E-state index >= 15 is 0 Å². The lowest BCUT2D eigenvalue weighted by Gasteiger charge is -2.39. The molecule has 0 aromatic heterocycles. The van der Waals surface area contributed by atoms with Crippen molar-refractivity contribution in [1.29, 1.82) is 0 Å². The third-order valence-electron chi connectivity index (χ3n) is 5.13. The van der Waals surface area contributed by atoms with Crippen LogP contribution in [-0.2, 0) is 4.79 Å². The quantitative estimate of drug-likeness (QED) is 0.905. The van der Waals surface area contributed by atoms with Crippen molar-refractivity contribution in [1.82, 2.24) is 15.1 Å². The fourth-order valence-corrected chi connectivity index (χ4v) is 3.62. The summed E-state index contributed by atoms with van der Waals surface area (Å²) in [5.74, 6) is 0.270. The molecule has 24 heavy (non-hydrogen) atoms. The summed E-state index contributed by atoms with van der Waals surface area (Å²) in [6, 6.07) is 9.35. The molecule has 6 heteroatoms. The normalized spacial score (nSPS) is 23.7. The zero-order valence-corrected chi connectivity index (χ0v) is 15.0. The molecule has 1 atom stereocenters. The van der Waals surface area contributed by atoms with E-state index < -0.39 is 0 Å². The standard InChI is InChI=1S/C18H25N3O2.ClH/c1-2-18(9-6-10-19-18)17(23)21-13-11-20(12-14-21)16(22)15-7-4-3-5-8-15;/h3-5,7-8,19H,2,6,9-14H2,1H3;1H. The van der Waals surface area contributed by atoms with Gasteiger partial charge in [-0.3, -0.25) is 9.59 Å². The van der Waals surface area contributed by atoms with Crippen LogP contribution in [0.2, 0.25) is 0 Å². The van der Waals surface area contributed by atoms with Crippen LogP contribution < -0.4 is 5.32 Å². The summed E-state index contributed by atoms with van der Waals surface area (Å²) in [5.41, 5.74) is 0.348. The molecule has 1 unspecified atom stereocenters. The number of carbonyl (C=O) groups is 2. The molecule has 0 spiro atoms. The van der Waals surface area contributed by atoms with Crippen LogP contribution in [0.15, 0.2) is 30.3 Å². The molecular weight excluding hydrogens is 326 g/mol. The molecule has 2 aliphatic rings. The van der Waals surface area contributed by atoms with Gasteiger partial charge in [0.2, 0.25) is 5.91 Å². The van der Waals surface area contributed by atoms with Crippen molar-refractivity contribution in [3.63, 3.8) is 0 Å². The number of amides is 2. The first kappa shape index (κ1) is 18.7. The number of rotatable bonds is 3. The largest absolute Gasteiger partial charge is 0.338 e. The van der Waals surface area contributed by atoms with Crippen LogP contribution in [0.3, 0.4) is 0 Å². The fraction of sp³-hybridized carbons (Fsp3) is 0.556. The monoisotopic (exact) mass is 351 g/mol. The predicted octanol–water partition coefficient (Wildman–Crippen LogP) is 1.93. The Balaban J connectivity index is 0.00000208. The van der Waals surface area contributed by atoms with Crippen LogP contribution in [0.4, 0.5) is 0 Å². The minimum Gasteiger partial charge on any atom is -0.338 e. The lowest BCUT2D eigenvalue weighted by molar-refractivity contribution is -0.139. The van der Waals surface area contributed by atoms with E-state index in [1.165, 1.54) is 0 Å². The Hall–Kier alpha value is -1.59. The smallest absolute Gasteiger partial charge is 0.253 e. The lowest BCUT2D eigenvalue weighted by Crippen LogP contribution is -2.59. The van der Waals surface area contributed by atoms with Crippen molar-refractivity contribution in [2.45, 2.75) is 31.7 Å². The third kappa shape index (κ3) is 3.57. The maximum absolute atomic E-state index is 12.9. The Labute approximate surface area is 149 Å². The number of nitrogens with one attached hydrogen (secondary N) is 1. The minimum absolute atomic E-state index is 0. The molecule has 0 radical (unpaired) electrons. The second kappa shape index (κ2) is 7.99. The van der Waals surface area contributed by atoms with E-state index in [4.69, 9.17) is 0 Å². The Morgan fingerprint density at radius 2 is 1.71 bits per heavy atom. The summed E-state index contributed by atoms with van der Waals surface area (Å²) in [6.45, 7) is 5.47. The topological polar surface area (TPSA) is 52.7 Å². The summed E-state index contributed by atoms with van der Waals surface area (Å²) in [7, 11) is 0. The number of hydrogen-bond donors (Lipinski definition) is 1. The first-order valence-electron chi connectivity index (χ1n) is 8.55. The van der Waals surface area contributed by atoms with E-state index in [2.05, 4.69) is 12.2 Å². The molecule has 0 aliphatic carbocycles. The van der Waals surface area contributed by atoms with E-state index in [0.717, 1.165) is 31.4 Å². The Morgan fingerprint density at radius 1 is 1.08 bits per heavy atom. The van der Waals surface area contributed by atoms with Crippen molar-refractivity contribution in [2.75, 3.05) is 32.7 Å². The zero-order chi connectivity index (χ0) is 16.3. The molecule has 1 aromatic rings. The number of benzene rings is 1. The van der Waals surface area contributed by atoms with Crippen molar-refractivity contribution < 1.29 is 9.59 Å². The average molecular weight is 352 g/mol. The molecule has 5 nitrogen and oxygen atoms in total. The van der Waals surface area contributed by atoms with Gasteiger partial charge in [-0.25, -0.2) is 0 Å². The average Bonchev–Trinajstić information content (AvgIpc) is 3.12. The van der Waals surface area contributed by atoms with Gasteiger partial charge in [-0.05, 0) is 37.9 Å². The van der Waals surface area contributed by atoms with Crippen molar-refractivity contribution in [3.05, 3.63) is 35.9 Å². The maximum atomic E-state index is 12.9. The molecule has 3 rings (SSSR count). The van der Waals surface area contributed by atoms with E-state index in [1.54, 1.807) is 0 Å². The molecule has 2 heterocycles. The summed E-state index contributed by atoms with van der Waals surface area (Å²) in [4.78, 5) is 29.1.